The summed E-state index contributed by atoms with van der Waals surface area (Å²) in [6, 6.07) is 10.5. The third kappa shape index (κ3) is 2.29. The van der Waals surface area contributed by atoms with E-state index in [1.165, 1.54) is 0 Å². The van der Waals surface area contributed by atoms with Gasteiger partial charge in [0.2, 0.25) is 0 Å². The van der Waals surface area contributed by atoms with Crippen LogP contribution in [0.3, 0.4) is 0 Å². The number of carbonyl (C=O) groups is 2. The van der Waals surface area contributed by atoms with Gasteiger partial charge in [-0.05, 0) is 46.6 Å². The van der Waals surface area contributed by atoms with Gasteiger partial charge in [0.25, 0.3) is 5.91 Å². The van der Waals surface area contributed by atoms with Crippen LogP contribution < -0.4 is 4.90 Å². The SMILES string of the molecule is O=C1CCCN(C(=O)c2ccc(Br)o2)c2ccccc21. The van der Waals surface area contributed by atoms with Crippen molar-refractivity contribution >= 4 is 33.3 Å². The minimum atomic E-state index is -0.224. The summed E-state index contributed by atoms with van der Waals surface area (Å²) in [5.41, 5.74) is 1.26. The Hall–Kier alpha value is -1.88. The van der Waals surface area contributed by atoms with E-state index in [-0.39, 0.29) is 17.5 Å². The summed E-state index contributed by atoms with van der Waals surface area (Å²) in [6.07, 6.45) is 1.11. The number of hydrogen-bond acceptors (Lipinski definition) is 3. The maximum absolute atomic E-state index is 12.5. The second kappa shape index (κ2) is 5.25. The van der Waals surface area contributed by atoms with Crippen LogP contribution in [-0.2, 0) is 0 Å². The first kappa shape index (κ1) is 13.1. The van der Waals surface area contributed by atoms with Crippen molar-refractivity contribution < 1.29 is 14.0 Å². The molecule has 5 heteroatoms. The molecule has 0 atom stereocenters. The van der Waals surface area contributed by atoms with E-state index in [0.29, 0.717) is 35.3 Å². The molecular weight excluding hydrogens is 322 g/mol. The molecule has 2 heterocycles. The van der Waals surface area contributed by atoms with Crippen LogP contribution in [0.15, 0.2) is 45.5 Å². The van der Waals surface area contributed by atoms with Gasteiger partial charge in [-0.1, -0.05) is 12.1 Å². The summed E-state index contributed by atoms with van der Waals surface area (Å²) in [5, 5.41) is 0. The molecule has 0 saturated carbocycles. The van der Waals surface area contributed by atoms with Gasteiger partial charge >= 0.3 is 0 Å². The lowest BCUT2D eigenvalue weighted by Gasteiger charge is -2.21. The summed E-state index contributed by atoms with van der Waals surface area (Å²) < 4.78 is 5.84. The molecule has 0 unspecified atom stereocenters. The maximum atomic E-state index is 12.5. The van der Waals surface area contributed by atoms with Crippen LogP contribution in [0.4, 0.5) is 5.69 Å². The molecule has 1 aromatic carbocycles. The molecule has 0 spiro atoms. The van der Waals surface area contributed by atoms with Gasteiger partial charge in [-0.25, -0.2) is 0 Å². The van der Waals surface area contributed by atoms with Gasteiger partial charge in [0.1, 0.15) is 0 Å². The molecule has 4 nitrogen and oxygen atoms in total. The highest BCUT2D eigenvalue weighted by Crippen LogP contribution is 2.28. The van der Waals surface area contributed by atoms with Crippen molar-refractivity contribution in [2.45, 2.75) is 12.8 Å². The van der Waals surface area contributed by atoms with Gasteiger partial charge in [-0.15, -0.1) is 0 Å². The van der Waals surface area contributed by atoms with Gasteiger partial charge in [-0.2, -0.15) is 0 Å². The standard InChI is InChI=1S/C15H12BrNO3/c16-14-8-7-13(20-14)15(19)17-9-3-6-12(18)10-4-1-2-5-11(10)17/h1-2,4-5,7-8H,3,6,9H2. The van der Waals surface area contributed by atoms with Gasteiger partial charge in [0.05, 0.1) is 5.69 Å². The molecular formula is C15H12BrNO3. The zero-order valence-corrected chi connectivity index (χ0v) is 12.2. The van der Waals surface area contributed by atoms with Gasteiger partial charge in [0, 0.05) is 18.5 Å². The lowest BCUT2D eigenvalue weighted by atomic mass is 10.1. The van der Waals surface area contributed by atoms with Crippen LogP contribution in [0.1, 0.15) is 33.8 Å². The summed E-state index contributed by atoms with van der Waals surface area (Å²) in [4.78, 5) is 26.2. The number of Topliss-reactive ketones (excluding diaryl/α,β-unsaturated/α-hetero) is 1. The highest BCUT2D eigenvalue weighted by Gasteiger charge is 2.27. The number of carbonyl (C=O) groups excluding carboxylic acids is 2. The average Bonchev–Trinajstić information content (AvgIpc) is 2.82. The molecule has 2 aromatic rings. The van der Waals surface area contributed by atoms with E-state index in [1.807, 2.05) is 12.1 Å². The van der Waals surface area contributed by atoms with Crippen LogP contribution in [0.5, 0.6) is 0 Å². The minimum absolute atomic E-state index is 0.0801. The molecule has 0 fully saturated rings. The molecule has 0 aliphatic carbocycles. The van der Waals surface area contributed by atoms with E-state index in [1.54, 1.807) is 29.2 Å². The van der Waals surface area contributed by atoms with Crippen LogP contribution in [0.2, 0.25) is 0 Å². The van der Waals surface area contributed by atoms with Crippen LogP contribution in [0.25, 0.3) is 0 Å². The monoisotopic (exact) mass is 333 g/mol. The average molecular weight is 334 g/mol. The third-order valence-corrected chi connectivity index (χ3v) is 3.74. The Morgan fingerprint density at radius 1 is 1.20 bits per heavy atom. The van der Waals surface area contributed by atoms with E-state index < -0.39 is 0 Å². The fourth-order valence-corrected chi connectivity index (χ4v) is 2.68. The van der Waals surface area contributed by atoms with Gasteiger partial charge < -0.3 is 9.32 Å². The second-order valence-electron chi connectivity index (χ2n) is 4.60. The van der Waals surface area contributed by atoms with E-state index in [4.69, 9.17) is 4.42 Å². The number of halogens is 1. The molecule has 0 radical (unpaired) electrons. The lowest BCUT2D eigenvalue weighted by molar-refractivity contribution is 0.0955. The molecule has 102 valence electrons. The Morgan fingerprint density at radius 3 is 2.75 bits per heavy atom. The van der Waals surface area contributed by atoms with E-state index in [9.17, 15) is 9.59 Å². The summed E-state index contributed by atoms with van der Waals surface area (Å²) >= 11 is 3.19. The molecule has 1 aliphatic rings. The first-order chi connectivity index (χ1) is 9.66. The second-order valence-corrected chi connectivity index (χ2v) is 5.39. The molecule has 0 bridgehead atoms. The lowest BCUT2D eigenvalue weighted by Crippen LogP contribution is -2.31. The van der Waals surface area contributed by atoms with Crippen molar-refractivity contribution in [3.05, 3.63) is 52.4 Å². The molecule has 3 rings (SSSR count). The van der Waals surface area contributed by atoms with Crippen LogP contribution >= 0.6 is 15.9 Å². The Balaban J connectivity index is 2.03. The Labute approximate surface area is 124 Å². The van der Waals surface area contributed by atoms with Gasteiger partial charge in [0.15, 0.2) is 16.2 Å². The number of para-hydroxylation sites is 1. The van der Waals surface area contributed by atoms with Crippen molar-refractivity contribution in [3.8, 4) is 0 Å². The third-order valence-electron chi connectivity index (χ3n) is 3.31. The molecule has 1 aromatic heterocycles. The number of ketones is 1. The zero-order valence-electron chi connectivity index (χ0n) is 10.6. The quantitative estimate of drug-likeness (QED) is 0.800. The van der Waals surface area contributed by atoms with E-state index in [0.717, 1.165) is 0 Å². The number of fused-ring (bicyclic) bond motifs is 1. The zero-order chi connectivity index (χ0) is 14.1. The number of furan rings is 1. The van der Waals surface area contributed by atoms with Crippen molar-refractivity contribution in [1.29, 1.82) is 0 Å². The summed E-state index contributed by atoms with van der Waals surface area (Å²) in [5.74, 6) is 0.121. The van der Waals surface area contributed by atoms with Crippen molar-refractivity contribution in [3.63, 3.8) is 0 Å². The predicted molar refractivity (Wildman–Crippen MR) is 78.1 cm³/mol. The summed E-state index contributed by atoms with van der Waals surface area (Å²) in [6.45, 7) is 0.514. The van der Waals surface area contributed by atoms with Crippen molar-refractivity contribution in [2.24, 2.45) is 0 Å². The Bertz CT molecular complexity index is 677. The normalized spacial score (nSPS) is 14.8. The molecule has 1 amide bonds. The highest BCUT2D eigenvalue weighted by atomic mass is 79.9. The van der Waals surface area contributed by atoms with Crippen molar-refractivity contribution in [1.82, 2.24) is 0 Å². The first-order valence-corrected chi connectivity index (χ1v) is 7.15. The maximum Gasteiger partial charge on any atom is 0.294 e. The highest BCUT2D eigenvalue weighted by molar-refractivity contribution is 9.10. The predicted octanol–water partition coefficient (Wildman–Crippen LogP) is 3.67. The number of benzene rings is 1. The van der Waals surface area contributed by atoms with E-state index in [2.05, 4.69) is 15.9 Å². The largest absolute Gasteiger partial charge is 0.444 e. The number of rotatable bonds is 1. The molecule has 0 saturated heterocycles. The fourth-order valence-electron chi connectivity index (χ4n) is 2.37. The molecule has 1 aliphatic heterocycles. The van der Waals surface area contributed by atoms with Gasteiger partial charge in [-0.3, -0.25) is 9.59 Å². The minimum Gasteiger partial charge on any atom is -0.444 e. The van der Waals surface area contributed by atoms with Crippen molar-refractivity contribution in [2.75, 3.05) is 11.4 Å². The van der Waals surface area contributed by atoms with Crippen LogP contribution in [-0.4, -0.2) is 18.2 Å². The summed E-state index contributed by atoms with van der Waals surface area (Å²) in [7, 11) is 0. The Morgan fingerprint density at radius 2 is 2.00 bits per heavy atom. The topological polar surface area (TPSA) is 50.5 Å². The number of anilines is 1. The van der Waals surface area contributed by atoms with E-state index >= 15 is 0 Å². The molecule has 20 heavy (non-hydrogen) atoms. The number of amides is 1. The molecule has 0 N–H and O–H groups in total. The smallest absolute Gasteiger partial charge is 0.294 e. The number of hydrogen-bond donors (Lipinski definition) is 0. The Kier molecular flexibility index (Phi) is 3.44. The number of nitrogens with zero attached hydrogens (tertiary/aromatic N) is 1. The fraction of sp³-hybridized carbons (Fsp3) is 0.200. The van der Waals surface area contributed by atoms with Crippen LogP contribution in [0, 0.1) is 0 Å². The first-order valence-electron chi connectivity index (χ1n) is 6.36.